The summed E-state index contributed by atoms with van der Waals surface area (Å²) in [5, 5.41) is 2.77. The van der Waals surface area contributed by atoms with Gasteiger partial charge in [-0.25, -0.2) is 4.79 Å². The standard InChI is InChI=1S/C17H27NO3/c1-7-8-20-15-12(2)9-14(10-13(15)3)11-18-16(19)21-17(4,5)6/h9-10H,7-8,11H2,1-6H3,(H,18,19). The van der Waals surface area contributed by atoms with Crippen molar-refractivity contribution in [2.75, 3.05) is 6.61 Å². The van der Waals surface area contributed by atoms with Gasteiger partial charge in [-0.2, -0.15) is 0 Å². The summed E-state index contributed by atoms with van der Waals surface area (Å²) in [5.74, 6) is 0.942. The van der Waals surface area contributed by atoms with Crippen LogP contribution in [0.2, 0.25) is 0 Å². The van der Waals surface area contributed by atoms with Crippen LogP contribution in [0, 0.1) is 13.8 Å². The first kappa shape index (κ1) is 17.3. The highest BCUT2D eigenvalue weighted by Crippen LogP contribution is 2.25. The maximum absolute atomic E-state index is 11.7. The molecular weight excluding hydrogens is 266 g/mol. The van der Waals surface area contributed by atoms with E-state index in [-0.39, 0.29) is 0 Å². The van der Waals surface area contributed by atoms with Crippen LogP contribution in [0.5, 0.6) is 5.75 Å². The lowest BCUT2D eigenvalue weighted by Crippen LogP contribution is -2.32. The number of alkyl carbamates (subject to hydrolysis) is 1. The smallest absolute Gasteiger partial charge is 0.407 e. The molecule has 1 rings (SSSR count). The summed E-state index contributed by atoms with van der Waals surface area (Å²) in [7, 11) is 0. The molecule has 0 fully saturated rings. The monoisotopic (exact) mass is 293 g/mol. The van der Waals surface area contributed by atoms with Crippen LogP contribution in [-0.4, -0.2) is 18.3 Å². The Kier molecular flexibility index (Phi) is 6.06. The number of carbonyl (C=O) groups excluding carboxylic acids is 1. The highest BCUT2D eigenvalue weighted by Gasteiger charge is 2.16. The van der Waals surface area contributed by atoms with Crippen LogP contribution in [0.25, 0.3) is 0 Å². The third-order valence-corrected chi connectivity index (χ3v) is 2.81. The van der Waals surface area contributed by atoms with E-state index >= 15 is 0 Å². The minimum Gasteiger partial charge on any atom is -0.493 e. The number of hydrogen-bond acceptors (Lipinski definition) is 3. The molecule has 118 valence electrons. The summed E-state index contributed by atoms with van der Waals surface area (Å²) in [5.41, 5.74) is 2.74. The largest absolute Gasteiger partial charge is 0.493 e. The van der Waals surface area contributed by atoms with Crippen molar-refractivity contribution >= 4 is 6.09 Å². The molecule has 0 aliphatic heterocycles. The van der Waals surface area contributed by atoms with Gasteiger partial charge >= 0.3 is 6.09 Å². The molecule has 21 heavy (non-hydrogen) atoms. The van der Waals surface area contributed by atoms with Gasteiger partial charge in [0.25, 0.3) is 0 Å². The van der Waals surface area contributed by atoms with Gasteiger partial charge in [0, 0.05) is 6.54 Å². The van der Waals surface area contributed by atoms with Crippen molar-refractivity contribution in [2.24, 2.45) is 0 Å². The number of benzene rings is 1. The van der Waals surface area contributed by atoms with E-state index < -0.39 is 11.7 Å². The average Bonchev–Trinajstić information content (AvgIpc) is 2.33. The van der Waals surface area contributed by atoms with Crippen LogP contribution in [0.3, 0.4) is 0 Å². The summed E-state index contributed by atoms with van der Waals surface area (Å²) < 4.78 is 11.0. The lowest BCUT2D eigenvalue weighted by Gasteiger charge is -2.20. The van der Waals surface area contributed by atoms with E-state index in [4.69, 9.17) is 9.47 Å². The summed E-state index contributed by atoms with van der Waals surface area (Å²) >= 11 is 0. The fourth-order valence-corrected chi connectivity index (χ4v) is 2.06. The van der Waals surface area contributed by atoms with Crippen LogP contribution < -0.4 is 10.1 Å². The molecule has 1 amide bonds. The number of hydrogen-bond donors (Lipinski definition) is 1. The lowest BCUT2D eigenvalue weighted by atomic mass is 10.1. The Morgan fingerprint density at radius 3 is 2.24 bits per heavy atom. The Morgan fingerprint density at radius 1 is 1.19 bits per heavy atom. The van der Waals surface area contributed by atoms with Crippen molar-refractivity contribution in [3.8, 4) is 5.75 Å². The molecule has 4 nitrogen and oxygen atoms in total. The normalized spacial score (nSPS) is 11.1. The van der Waals surface area contributed by atoms with Gasteiger partial charge in [0.2, 0.25) is 0 Å². The molecule has 0 heterocycles. The van der Waals surface area contributed by atoms with Crippen LogP contribution in [0.4, 0.5) is 4.79 Å². The van der Waals surface area contributed by atoms with Gasteiger partial charge in [-0.05, 0) is 57.7 Å². The Hall–Kier alpha value is -1.71. The van der Waals surface area contributed by atoms with Gasteiger partial charge < -0.3 is 14.8 Å². The van der Waals surface area contributed by atoms with Crippen molar-refractivity contribution in [1.82, 2.24) is 5.32 Å². The first-order chi connectivity index (χ1) is 9.73. The van der Waals surface area contributed by atoms with Gasteiger partial charge in [0.15, 0.2) is 0 Å². The number of nitrogens with one attached hydrogen (secondary N) is 1. The highest BCUT2D eigenvalue weighted by atomic mass is 16.6. The molecule has 1 aromatic rings. The van der Waals surface area contributed by atoms with Gasteiger partial charge in [0.05, 0.1) is 6.61 Å². The summed E-state index contributed by atoms with van der Waals surface area (Å²) in [6.07, 6.45) is 0.588. The molecule has 0 saturated carbocycles. The molecule has 0 aliphatic rings. The number of carbonyl (C=O) groups is 1. The zero-order valence-electron chi connectivity index (χ0n) is 14.0. The van der Waals surface area contributed by atoms with E-state index in [1.807, 2.05) is 46.8 Å². The van der Waals surface area contributed by atoms with Crippen molar-refractivity contribution in [1.29, 1.82) is 0 Å². The molecule has 4 heteroatoms. The third-order valence-electron chi connectivity index (χ3n) is 2.81. The molecule has 0 atom stereocenters. The highest BCUT2D eigenvalue weighted by molar-refractivity contribution is 5.67. The van der Waals surface area contributed by atoms with Crippen molar-refractivity contribution in [3.05, 3.63) is 28.8 Å². The van der Waals surface area contributed by atoms with Crippen molar-refractivity contribution < 1.29 is 14.3 Å². The molecule has 0 spiro atoms. The van der Waals surface area contributed by atoms with Gasteiger partial charge in [0.1, 0.15) is 11.4 Å². The lowest BCUT2D eigenvalue weighted by molar-refractivity contribution is 0.0523. The van der Waals surface area contributed by atoms with Crippen molar-refractivity contribution in [3.63, 3.8) is 0 Å². The van der Waals surface area contributed by atoms with E-state index in [1.54, 1.807) is 0 Å². The quantitative estimate of drug-likeness (QED) is 0.888. The minimum absolute atomic E-state index is 0.399. The van der Waals surface area contributed by atoms with Crippen LogP contribution >= 0.6 is 0 Å². The second-order valence-corrected chi connectivity index (χ2v) is 6.26. The molecular formula is C17H27NO3. The Labute approximate surface area is 127 Å². The van der Waals surface area contributed by atoms with E-state index in [9.17, 15) is 4.79 Å². The zero-order chi connectivity index (χ0) is 16.0. The molecule has 0 aliphatic carbocycles. The fourth-order valence-electron chi connectivity index (χ4n) is 2.06. The number of ether oxygens (including phenoxy) is 2. The van der Waals surface area contributed by atoms with E-state index in [0.29, 0.717) is 6.54 Å². The number of aryl methyl sites for hydroxylation is 2. The minimum atomic E-state index is -0.478. The molecule has 0 bridgehead atoms. The molecule has 0 radical (unpaired) electrons. The van der Waals surface area contributed by atoms with Crippen LogP contribution in [0.15, 0.2) is 12.1 Å². The van der Waals surface area contributed by atoms with Crippen LogP contribution in [0.1, 0.15) is 50.8 Å². The van der Waals surface area contributed by atoms with Crippen LogP contribution in [-0.2, 0) is 11.3 Å². The Morgan fingerprint density at radius 2 is 1.76 bits per heavy atom. The second kappa shape index (κ2) is 7.34. The van der Waals surface area contributed by atoms with Gasteiger partial charge in [-0.1, -0.05) is 19.1 Å². The van der Waals surface area contributed by atoms with Gasteiger partial charge in [-0.15, -0.1) is 0 Å². The first-order valence-corrected chi connectivity index (χ1v) is 7.42. The summed E-state index contributed by atoms with van der Waals surface area (Å²) in [6.45, 7) is 12.8. The fraction of sp³-hybridized carbons (Fsp3) is 0.588. The maximum atomic E-state index is 11.7. The molecule has 0 unspecified atom stereocenters. The summed E-state index contributed by atoms with van der Waals surface area (Å²) in [4.78, 5) is 11.7. The number of rotatable bonds is 5. The second-order valence-electron chi connectivity index (χ2n) is 6.26. The molecule has 0 saturated heterocycles. The van der Waals surface area contributed by atoms with Crippen molar-refractivity contribution in [2.45, 2.75) is 60.1 Å². The van der Waals surface area contributed by atoms with Gasteiger partial charge in [-0.3, -0.25) is 0 Å². The Bertz CT molecular complexity index is 466. The molecule has 1 N–H and O–H groups in total. The predicted molar refractivity (Wildman–Crippen MR) is 84.8 cm³/mol. The Balaban J connectivity index is 2.67. The summed E-state index contributed by atoms with van der Waals surface area (Å²) in [6, 6.07) is 4.07. The predicted octanol–water partition coefficient (Wildman–Crippen LogP) is 4.12. The molecule has 0 aromatic heterocycles. The van der Waals surface area contributed by atoms with E-state index in [0.717, 1.165) is 35.5 Å². The zero-order valence-corrected chi connectivity index (χ0v) is 14.0. The third kappa shape index (κ3) is 6.06. The molecule has 1 aromatic carbocycles. The van der Waals surface area contributed by atoms with E-state index in [1.165, 1.54) is 0 Å². The van der Waals surface area contributed by atoms with E-state index in [2.05, 4.69) is 12.2 Å². The maximum Gasteiger partial charge on any atom is 0.407 e. The first-order valence-electron chi connectivity index (χ1n) is 7.42. The topological polar surface area (TPSA) is 47.6 Å². The number of amides is 1. The SMILES string of the molecule is CCCOc1c(C)cc(CNC(=O)OC(C)(C)C)cc1C. The average molecular weight is 293 g/mol.